The molecule has 2 aliphatic heterocycles. The third-order valence-corrected chi connectivity index (χ3v) is 14.0. The van der Waals surface area contributed by atoms with E-state index in [-0.39, 0.29) is 73.7 Å². The minimum atomic E-state index is -0.549. The van der Waals surface area contributed by atoms with Crippen LogP contribution in [0.1, 0.15) is 215 Å². The normalized spacial score (nSPS) is 13.5. The average Bonchev–Trinajstić information content (AvgIpc) is 3.57. The molecule has 6 heterocycles. The second kappa shape index (κ2) is 38.4. The Kier molecular flexibility index (Phi) is 32.4. The summed E-state index contributed by atoms with van der Waals surface area (Å²) in [7, 11) is 3.75. The predicted octanol–water partition coefficient (Wildman–Crippen LogP) is 12.1. The van der Waals surface area contributed by atoms with Crippen LogP contribution in [0.2, 0.25) is 0 Å². The van der Waals surface area contributed by atoms with Crippen LogP contribution in [0.5, 0.6) is 0 Å². The maximum Gasteiger partial charge on any atom is 0.416 e. The molecule has 0 aromatic carbocycles. The molecule has 2 radical (unpaired) electrons. The number of aliphatic hydroxyl groups is 1. The van der Waals surface area contributed by atoms with Crippen LogP contribution in [0.4, 0.5) is 21.2 Å². The molecule has 20 nitrogen and oxygen atoms in total. The standard InChI is InChI=1S/C31H45N7O4.C31H46N4O5.BH.U/c1-5-41-28(39)20-24(25-21-33-27(34-22-25)15-10-18-35-37-32)12-8-6-7-9-14-26-17-16-23-13-11-19-38(29(23)36-26)30(40)42-31(2,3)4;1-5-39-28(37)20-24(25-21-32-27(33-22-25)15-11-19-36)12-8-6-7-9-14-26-17-16-23-13-10-18-35(29(23)34-26)30(38)40-31(2,3)4;;/h16-17,21-22,24H,5-15,18-20H2,1-4H3;16-17,21-22,24,36H,5-15,18-20H2,1-4H3;1H;/t2*24-;;/m00../s1/i;;1D;. The Bertz CT molecular complexity index is 2680. The first-order valence-corrected chi connectivity index (χ1v) is 29.9. The van der Waals surface area contributed by atoms with E-state index >= 15 is 0 Å². The fourth-order valence-corrected chi connectivity index (χ4v) is 9.94. The monoisotopic (exact) mass is 1380 g/mol. The number of aromatic nitrogens is 6. The number of hydrogen-bond donors (Lipinski definition) is 1. The van der Waals surface area contributed by atoms with Crippen molar-refractivity contribution in [3.8, 4) is 0 Å². The van der Waals surface area contributed by atoms with E-state index in [1.807, 2.05) is 80.2 Å². The Balaban J connectivity index is 0.000000428. The van der Waals surface area contributed by atoms with Gasteiger partial charge in [0.1, 0.15) is 34.5 Å². The second-order valence-electron chi connectivity index (χ2n) is 23.1. The quantitative estimate of drug-likeness (QED) is 0.0101. The molecule has 0 saturated carbocycles. The average molecular weight is 1390 g/mol. The number of nitrogens with zero attached hydrogens (tertiary/aromatic N) is 11. The van der Waals surface area contributed by atoms with Gasteiger partial charge >= 0.3 is 24.1 Å². The molecular weight excluding hydrogens is 1290 g/mol. The van der Waals surface area contributed by atoms with E-state index in [1.54, 1.807) is 9.80 Å². The van der Waals surface area contributed by atoms with Crippen molar-refractivity contribution in [1.82, 2.24) is 29.9 Å². The zero-order chi connectivity index (χ0) is 61.3. The van der Waals surface area contributed by atoms with Crippen molar-refractivity contribution >= 4 is 44.1 Å². The maximum absolute atomic E-state index is 12.8. The van der Waals surface area contributed by atoms with Gasteiger partial charge in [0.25, 0.3) is 0 Å². The summed E-state index contributed by atoms with van der Waals surface area (Å²) < 4.78 is 26.9. The van der Waals surface area contributed by atoms with Gasteiger partial charge in [-0.3, -0.25) is 19.4 Å². The fourth-order valence-electron chi connectivity index (χ4n) is 9.94. The Hall–Kier alpha value is -5.67. The zero-order valence-corrected chi connectivity index (χ0v) is 55.4. The van der Waals surface area contributed by atoms with Gasteiger partial charge < -0.3 is 24.1 Å². The number of aryl methyl sites for hydroxylation is 6. The number of fused-ring (bicyclic) bond motifs is 2. The van der Waals surface area contributed by atoms with Crippen LogP contribution >= 0.6 is 0 Å². The third kappa shape index (κ3) is 26.3. The van der Waals surface area contributed by atoms with Gasteiger partial charge in [-0.2, -0.15) is 0 Å². The van der Waals surface area contributed by atoms with Crippen molar-refractivity contribution < 1.29 is 74.3 Å². The summed E-state index contributed by atoms with van der Waals surface area (Å²) >= 11 is 0. The van der Waals surface area contributed by atoms with E-state index in [9.17, 15) is 19.2 Å². The number of esters is 2. The van der Waals surface area contributed by atoms with Crippen molar-refractivity contribution in [3.05, 3.63) is 105 Å². The van der Waals surface area contributed by atoms with Crippen LogP contribution in [0, 0.1) is 31.1 Å². The van der Waals surface area contributed by atoms with E-state index in [1.165, 1.54) is 0 Å². The summed E-state index contributed by atoms with van der Waals surface area (Å²) in [5.74, 6) is 2.50. The summed E-state index contributed by atoms with van der Waals surface area (Å²) in [5, 5.41) is 12.6. The number of carbonyl (C=O) groups excluding carboxylic acids is 4. The Morgan fingerprint density at radius 2 is 1.04 bits per heavy atom. The van der Waals surface area contributed by atoms with Gasteiger partial charge in [0.15, 0.2) is 0 Å². The van der Waals surface area contributed by atoms with E-state index in [0.29, 0.717) is 83.0 Å². The first-order chi connectivity index (χ1) is 40.4. The van der Waals surface area contributed by atoms with Gasteiger partial charge in [-0.05, 0) is 186 Å². The van der Waals surface area contributed by atoms with E-state index in [2.05, 4.69) is 62.6 Å². The van der Waals surface area contributed by atoms with Gasteiger partial charge in [-0.1, -0.05) is 55.8 Å². The Labute approximate surface area is 525 Å². The molecule has 22 heteroatoms. The summed E-state index contributed by atoms with van der Waals surface area (Å²) in [4.78, 5) is 83.7. The van der Waals surface area contributed by atoms with Crippen LogP contribution in [0.3, 0.4) is 0 Å². The minimum Gasteiger partial charge on any atom is -0.466 e. The molecule has 0 saturated heterocycles. The molecule has 2 aliphatic rings. The number of anilines is 2. The van der Waals surface area contributed by atoms with Crippen LogP contribution in [-0.4, -0.2) is 120 Å². The number of pyridine rings is 2. The number of hydrogen-bond acceptors (Lipinski definition) is 16. The zero-order valence-electron chi connectivity index (χ0n) is 52.3. The van der Waals surface area contributed by atoms with Crippen LogP contribution in [0.25, 0.3) is 10.4 Å². The third-order valence-electron chi connectivity index (χ3n) is 14.0. The minimum absolute atomic E-state index is 0. The summed E-state index contributed by atoms with van der Waals surface area (Å²) in [5.41, 5.74) is 13.4. The van der Waals surface area contributed by atoms with Crippen molar-refractivity contribution in [2.45, 2.75) is 220 Å². The van der Waals surface area contributed by atoms with E-state index < -0.39 is 11.2 Å². The second-order valence-corrected chi connectivity index (χ2v) is 23.1. The van der Waals surface area contributed by atoms with Crippen molar-refractivity contribution in [3.63, 3.8) is 0 Å². The molecule has 1 N–H and O–H groups in total. The molecule has 2 atom stereocenters. The van der Waals surface area contributed by atoms with Crippen molar-refractivity contribution in [2.24, 2.45) is 5.11 Å². The number of rotatable bonds is 29. The van der Waals surface area contributed by atoms with Gasteiger partial charge in [0, 0.05) is 120 Å². The number of unbranched alkanes of at least 4 members (excludes halogenated alkanes) is 6. The fraction of sp³-hybridized carbons (Fsp3) is 0.645. The van der Waals surface area contributed by atoms with Crippen LogP contribution < -0.4 is 9.80 Å². The molecule has 0 aliphatic carbocycles. The van der Waals surface area contributed by atoms with E-state index in [4.69, 9.17) is 40.9 Å². The molecular formula is C62H92BN11O9U. The Morgan fingerprint density at radius 3 is 1.42 bits per heavy atom. The van der Waals surface area contributed by atoms with Gasteiger partial charge in [-0.25, -0.2) is 39.5 Å². The smallest absolute Gasteiger partial charge is 0.416 e. The number of carbonyl (C=O) groups is 4. The molecule has 2 amide bonds. The first kappa shape index (κ1) is 70.8. The molecule has 4 aromatic heterocycles. The van der Waals surface area contributed by atoms with Gasteiger partial charge in [-0.15, -0.1) is 0 Å². The Morgan fingerprint density at radius 1 is 0.631 bits per heavy atom. The molecule has 456 valence electrons. The SMILES string of the molecule is CCOC(=O)C[C@H](CCCCCCc1ccc2c(n1)N(C(=O)OC(C)(C)C)CCC2)c1cnc(CCCN=[N+]=[N-])nc1.CCOC(=O)C[C@H](CCCCCCc1ccc2c(n1)N(C(=O)OC(C)(C)C)CCC2)c1cnc(CCCO)nc1.[2H][B].[U]. The maximum atomic E-state index is 12.8. The molecule has 0 bridgehead atoms. The molecule has 0 unspecified atom stereocenters. The molecule has 84 heavy (non-hydrogen) atoms. The van der Waals surface area contributed by atoms with Crippen molar-refractivity contribution in [1.29, 1.82) is 1.34 Å². The molecule has 4 aromatic rings. The molecule has 0 fully saturated rings. The topological polar surface area (TPSA) is 258 Å². The van der Waals surface area contributed by atoms with Crippen LogP contribution in [-0.2, 0) is 67.1 Å². The van der Waals surface area contributed by atoms with E-state index in [0.717, 1.165) is 148 Å². The van der Waals surface area contributed by atoms with Crippen LogP contribution in [0.15, 0.2) is 54.2 Å². The number of aliphatic hydroxyl groups excluding tert-OH is 1. The van der Waals surface area contributed by atoms with Gasteiger partial charge in [0.2, 0.25) is 0 Å². The largest absolute Gasteiger partial charge is 0.466 e. The molecule has 6 rings (SSSR count). The van der Waals surface area contributed by atoms with Gasteiger partial charge in [0.05, 0.1) is 26.1 Å². The molecule has 0 spiro atoms. The summed E-state index contributed by atoms with van der Waals surface area (Å²) in [6.45, 7) is 17.4. The number of azide groups is 1. The first-order valence-electron chi connectivity index (χ1n) is 30.5. The predicted molar refractivity (Wildman–Crippen MR) is 323 cm³/mol. The number of ether oxygens (including phenoxy) is 4. The van der Waals surface area contributed by atoms with Crippen molar-refractivity contribution in [2.75, 3.05) is 49.3 Å². The summed E-state index contributed by atoms with van der Waals surface area (Å²) in [6.07, 6.45) is 25.0. The number of amides is 2. The summed E-state index contributed by atoms with van der Waals surface area (Å²) in [6, 6.07) is 8.36.